The maximum absolute atomic E-state index is 2.39. The number of hydrogen-bond acceptors (Lipinski definition) is 2. The van der Waals surface area contributed by atoms with Gasteiger partial charge in [-0.1, -0.05) is 147 Å². The van der Waals surface area contributed by atoms with Gasteiger partial charge in [-0.25, -0.2) is 0 Å². The van der Waals surface area contributed by atoms with Crippen LogP contribution in [-0.2, 0) is 5.41 Å². The molecular weight excluding hydrogens is 659 g/mol. The topological polar surface area (TPSA) is 3.24 Å². The van der Waals surface area contributed by atoms with E-state index in [0.717, 1.165) is 17.1 Å². The third kappa shape index (κ3) is 5.29. The highest BCUT2D eigenvalue weighted by atomic mass is 32.1. The van der Waals surface area contributed by atoms with Crippen LogP contribution in [0.4, 0.5) is 17.1 Å². The van der Waals surface area contributed by atoms with Gasteiger partial charge in [-0.15, -0.1) is 11.3 Å². The molecule has 10 rings (SSSR count). The Morgan fingerprint density at radius 2 is 0.943 bits per heavy atom. The molecule has 0 bridgehead atoms. The Labute approximate surface area is 315 Å². The highest BCUT2D eigenvalue weighted by Crippen LogP contribution is 2.50. The molecular formula is C51H37NS. The minimum Gasteiger partial charge on any atom is -0.310 e. The number of thiophene rings is 1. The van der Waals surface area contributed by atoms with Crippen molar-refractivity contribution in [3.8, 4) is 44.5 Å². The van der Waals surface area contributed by atoms with Crippen LogP contribution >= 0.6 is 11.3 Å². The molecule has 0 aliphatic heterocycles. The molecule has 53 heavy (non-hydrogen) atoms. The first-order chi connectivity index (χ1) is 26.0. The summed E-state index contributed by atoms with van der Waals surface area (Å²) < 4.78 is 2.67. The molecule has 0 atom stereocenters. The van der Waals surface area contributed by atoms with Crippen LogP contribution < -0.4 is 4.90 Å². The van der Waals surface area contributed by atoms with E-state index in [9.17, 15) is 0 Å². The molecule has 2 heteroatoms. The fraction of sp³-hybridized carbons (Fsp3) is 0.0588. The number of anilines is 3. The highest BCUT2D eigenvalue weighted by molar-refractivity contribution is 7.26. The maximum Gasteiger partial charge on any atom is 0.0467 e. The number of para-hydroxylation sites is 1. The standard InChI is InChI=1S/C51H37NS/c1-51(2)47-23-8-6-19-43(47)46-33-38(27-30-48(46)51)36-14-10-13-35(31-36)37-15-11-18-41(32-37)52(39-16-4-3-5-17-39)40-28-25-34(26-29-40)42-21-12-22-45-44-20-7-9-24-49(44)53-50(42)45/h3-33H,1-2H3. The third-order valence-corrected chi connectivity index (χ3v) is 12.3. The summed E-state index contributed by atoms with van der Waals surface area (Å²) in [5.41, 5.74) is 16.2. The number of benzene rings is 8. The van der Waals surface area contributed by atoms with E-state index in [4.69, 9.17) is 0 Å². The second-order valence-electron chi connectivity index (χ2n) is 14.6. The van der Waals surface area contributed by atoms with E-state index in [-0.39, 0.29) is 5.41 Å². The molecule has 1 aliphatic rings. The van der Waals surface area contributed by atoms with E-state index in [0.29, 0.717) is 0 Å². The molecule has 1 nitrogen and oxygen atoms in total. The lowest BCUT2D eigenvalue weighted by atomic mass is 9.82. The van der Waals surface area contributed by atoms with Gasteiger partial charge in [0.2, 0.25) is 0 Å². The van der Waals surface area contributed by atoms with E-state index in [1.54, 1.807) is 0 Å². The SMILES string of the molecule is CC1(C)c2ccccc2-c2cc(-c3cccc(-c4cccc(N(c5ccccc5)c5ccc(-c6cccc7c6sc6ccccc67)cc5)c4)c3)ccc21. The molecule has 0 amide bonds. The van der Waals surface area contributed by atoms with Crippen LogP contribution in [0.2, 0.25) is 0 Å². The summed E-state index contributed by atoms with van der Waals surface area (Å²) >= 11 is 1.88. The van der Waals surface area contributed by atoms with Gasteiger partial charge >= 0.3 is 0 Å². The van der Waals surface area contributed by atoms with Gasteiger partial charge in [0.15, 0.2) is 0 Å². The van der Waals surface area contributed by atoms with Crippen molar-refractivity contribution < 1.29 is 0 Å². The molecule has 0 saturated carbocycles. The second kappa shape index (κ2) is 12.5. The van der Waals surface area contributed by atoms with Crippen LogP contribution in [-0.4, -0.2) is 0 Å². The molecule has 0 spiro atoms. The van der Waals surface area contributed by atoms with Crippen LogP contribution in [0.3, 0.4) is 0 Å². The van der Waals surface area contributed by atoms with Crippen molar-refractivity contribution in [1.82, 2.24) is 0 Å². The Kier molecular flexibility index (Phi) is 7.42. The average Bonchev–Trinajstić information content (AvgIpc) is 3.71. The van der Waals surface area contributed by atoms with Gasteiger partial charge in [-0.05, 0) is 110 Å². The van der Waals surface area contributed by atoms with E-state index < -0.39 is 0 Å². The Bertz CT molecular complexity index is 2810. The average molecular weight is 696 g/mol. The molecule has 0 N–H and O–H groups in total. The molecule has 0 saturated heterocycles. The minimum atomic E-state index is 0.00489. The van der Waals surface area contributed by atoms with Crippen molar-refractivity contribution >= 4 is 48.6 Å². The van der Waals surface area contributed by atoms with Crippen molar-refractivity contribution in [2.75, 3.05) is 4.90 Å². The number of rotatable bonds is 6. The summed E-state index contributed by atoms with van der Waals surface area (Å²) in [5, 5.41) is 2.65. The van der Waals surface area contributed by atoms with Gasteiger partial charge in [-0.3, -0.25) is 0 Å². The van der Waals surface area contributed by atoms with Gasteiger partial charge < -0.3 is 4.90 Å². The minimum absolute atomic E-state index is 0.00489. The molecule has 252 valence electrons. The predicted molar refractivity (Wildman–Crippen MR) is 228 cm³/mol. The fourth-order valence-electron chi connectivity index (χ4n) is 8.39. The molecule has 9 aromatic rings. The van der Waals surface area contributed by atoms with Crippen molar-refractivity contribution in [2.45, 2.75) is 19.3 Å². The summed E-state index contributed by atoms with van der Waals surface area (Å²) in [5.74, 6) is 0. The van der Waals surface area contributed by atoms with E-state index in [2.05, 4.69) is 207 Å². The van der Waals surface area contributed by atoms with E-state index >= 15 is 0 Å². The molecule has 0 unspecified atom stereocenters. The zero-order valence-corrected chi connectivity index (χ0v) is 30.6. The molecule has 0 fully saturated rings. The fourth-order valence-corrected chi connectivity index (χ4v) is 9.63. The zero-order valence-electron chi connectivity index (χ0n) is 29.8. The third-order valence-electron chi connectivity index (χ3n) is 11.1. The lowest BCUT2D eigenvalue weighted by molar-refractivity contribution is 0.660. The highest BCUT2D eigenvalue weighted by Gasteiger charge is 2.35. The van der Waals surface area contributed by atoms with Crippen LogP contribution in [0.1, 0.15) is 25.0 Å². The number of fused-ring (bicyclic) bond motifs is 6. The Balaban J connectivity index is 1.01. The summed E-state index contributed by atoms with van der Waals surface area (Å²) in [4.78, 5) is 2.36. The van der Waals surface area contributed by atoms with Gasteiger partial charge in [-0.2, -0.15) is 0 Å². The van der Waals surface area contributed by atoms with Crippen molar-refractivity contribution in [3.05, 3.63) is 199 Å². The van der Waals surface area contributed by atoms with Crippen LogP contribution in [0.5, 0.6) is 0 Å². The zero-order chi connectivity index (χ0) is 35.5. The van der Waals surface area contributed by atoms with Crippen LogP contribution in [0, 0.1) is 0 Å². The molecule has 0 radical (unpaired) electrons. The quantitative estimate of drug-likeness (QED) is 0.167. The molecule has 1 heterocycles. The Morgan fingerprint density at radius 1 is 0.377 bits per heavy atom. The summed E-state index contributed by atoms with van der Waals surface area (Å²) in [7, 11) is 0. The largest absolute Gasteiger partial charge is 0.310 e. The first-order valence-electron chi connectivity index (χ1n) is 18.3. The van der Waals surface area contributed by atoms with E-state index in [1.807, 2.05) is 11.3 Å². The van der Waals surface area contributed by atoms with E-state index in [1.165, 1.54) is 75.8 Å². The van der Waals surface area contributed by atoms with Crippen molar-refractivity contribution in [2.24, 2.45) is 0 Å². The molecule has 8 aromatic carbocycles. The lowest BCUT2D eigenvalue weighted by Crippen LogP contribution is -2.14. The molecule has 1 aromatic heterocycles. The maximum atomic E-state index is 2.39. The first-order valence-corrected chi connectivity index (χ1v) is 19.2. The first kappa shape index (κ1) is 31.5. The van der Waals surface area contributed by atoms with Gasteiger partial charge in [0.1, 0.15) is 0 Å². The Hall–Kier alpha value is -6.22. The van der Waals surface area contributed by atoms with Gasteiger partial charge in [0, 0.05) is 42.6 Å². The van der Waals surface area contributed by atoms with Crippen LogP contribution in [0.25, 0.3) is 64.7 Å². The summed E-state index contributed by atoms with van der Waals surface area (Å²) in [6.45, 7) is 4.68. The Morgan fingerprint density at radius 3 is 1.77 bits per heavy atom. The second-order valence-corrected chi connectivity index (χ2v) is 15.6. The van der Waals surface area contributed by atoms with Crippen molar-refractivity contribution in [1.29, 1.82) is 0 Å². The van der Waals surface area contributed by atoms with Crippen LogP contribution in [0.15, 0.2) is 188 Å². The van der Waals surface area contributed by atoms with Gasteiger partial charge in [0.25, 0.3) is 0 Å². The predicted octanol–water partition coefficient (Wildman–Crippen LogP) is 14.8. The smallest absolute Gasteiger partial charge is 0.0467 e. The monoisotopic (exact) mass is 695 g/mol. The van der Waals surface area contributed by atoms with Gasteiger partial charge in [0.05, 0.1) is 0 Å². The summed E-state index contributed by atoms with van der Waals surface area (Å²) in [6, 6.07) is 69.0. The van der Waals surface area contributed by atoms with Crippen molar-refractivity contribution in [3.63, 3.8) is 0 Å². The number of nitrogens with zero attached hydrogens (tertiary/aromatic N) is 1. The number of hydrogen-bond donors (Lipinski definition) is 0. The normalized spacial score (nSPS) is 12.9. The summed E-state index contributed by atoms with van der Waals surface area (Å²) in [6.07, 6.45) is 0. The lowest BCUT2D eigenvalue weighted by Gasteiger charge is -2.26. The molecule has 1 aliphatic carbocycles.